The van der Waals surface area contributed by atoms with Gasteiger partial charge in [0.2, 0.25) is 11.8 Å². The molecule has 3 aromatic rings. The third-order valence-corrected chi connectivity index (χ3v) is 8.53. The van der Waals surface area contributed by atoms with Crippen LogP contribution < -0.4 is 9.62 Å². The Bertz CT molecular complexity index is 1450. The Morgan fingerprint density at radius 2 is 1.32 bits per heavy atom. The molecule has 0 aliphatic rings. The van der Waals surface area contributed by atoms with Gasteiger partial charge in [-0.05, 0) is 95.8 Å². The van der Waals surface area contributed by atoms with E-state index in [4.69, 9.17) is 0 Å². The van der Waals surface area contributed by atoms with Gasteiger partial charge in [-0.25, -0.2) is 8.42 Å². The molecule has 0 saturated carbocycles. The molecule has 2 amide bonds. The van der Waals surface area contributed by atoms with Crippen LogP contribution in [0.5, 0.6) is 0 Å². The number of hydrogen-bond acceptors (Lipinski definition) is 4. The highest BCUT2D eigenvalue weighted by Crippen LogP contribution is 2.27. The van der Waals surface area contributed by atoms with Gasteiger partial charge in [0.1, 0.15) is 12.6 Å². The van der Waals surface area contributed by atoms with Gasteiger partial charge in [0.25, 0.3) is 10.0 Å². The molecule has 41 heavy (non-hydrogen) atoms. The van der Waals surface area contributed by atoms with E-state index in [-0.39, 0.29) is 17.3 Å². The van der Waals surface area contributed by atoms with Crippen molar-refractivity contribution in [3.05, 3.63) is 94.5 Å². The van der Waals surface area contributed by atoms with Crippen molar-refractivity contribution >= 4 is 27.5 Å². The molecule has 0 radical (unpaired) electrons. The second kappa shape index (κ2) is 12.9. The van der Waals surface area contributed by atoms with E-state index in [1.165, 1.54) is 4.90 Å². The number of rotatable bonds is 10. The monoisotopic (exact) mass is 577 g/mol. The Kier molecular flexibility index (Phi) is 10.0. The number of sulfonamides is 1. The quantitative estimate of drug-likeness (QED) is 0.328. The largest absolute Gasteiger partial charge is 0.350 e. The van der Waals surface area contributed by atoms with Crippen molar-refractivity contribution in [2.75, 3.05) is 10.8 Å². The second-order valence-electron chi connectivity index (χ2n) is 11.8. The topological polar surface area (TPSA) is 86.8 Å². The first-order valence-electron chi connectivity index (χ1n) is 14.0. The number of carbonyl (C=O) groups is 2. The fourth-order valence-electron chi connectivity index (χ4n) is 4.72. The summed E-state index contributed by atoms with van der Waals surface area (Å²) >= 11 is 0. The van der Waals surface area contributed by atoms with E-state index in [9.17, 15) is 18.0 Å². The minimum Gasteiger partial charge on any atom is -0.350 e. The van der Waals surface area contributed by atoms with Crippen LogP contribution in [0.15, 0.2) is 71.6 Å². The Balaban J connectivity index is 2.10. The summed E-state index contributed by atoms with van der Waals surface area (Å²) in [5, 5.41) is 3.00. The Hall–Kier alpha value is -3.65. The summed E-state index contributed by atoms with van der Waals surface area (Å²) in [5.41, 5.74) is 4.52. The van der Waals surface area contributed by atoms with Gasteiger partial charge in [-0.2, -0.15) is 0 Å². The Morgan fingerprint density at radius 1 is 0.805 bits per heavy atom. The Morgan fingerprint density at radius 3 is 1.80 bits per heavy atom. The van der Waals surface area contributed by atoms with Crippen molar-refractivity contribution in [2.45, 2.75) is 84.8 Å². The molecule has 0 spiro atoms. The average Bonchev–Trinajstić information content (AvgIpc) is 2.86. The first-order valence-corrected chi connectivity index (χ1v) is 15.4. The molecule has 0 aliphatic heterocycles. The summed E-state index contributed by atoms with van der Waals surface area (Å²) in [5.74, 6) is -0.740. The van der Waals surface area contributed by atoms with Crippen LogP contribution >= 0.6 is 0 Å². The number of benzene rings is 3. The molecule has 1 N–H and O–H groups in total. The van der Waals surface area contributed by atoms with Crippen LogP contribution in [0.2, 0.25) is 0 Å². The maximum atomic E-state index is 14.2. The zero-order valence-electron chi connectivity index (χ0n) is 25.5. The lowest BCUT2D eigenvalue weighted by molar-refractivity contribution is -0.141. The maximum absolute atomic E-state index is 14.2. The van der Waals surface area contributed by atoms with Crippen LogP contribution in [0.1, 0.15) is 61.9 Å². The third-order valence-electron chi connectivity index (χ3n) is 6.74. The molecule has 8 heteroatoms. The number of nitrogens with zero attached hydrogens (tertiary/aromatic N) is 2. The predicted molar refractivity (Wildman–Crippen MR) is 165 cm³/mol. The van der Waals surface area contributed by atoms with Crippen LogP contribution in [0.3, 0.4) is 0 Å². The molecule has 0 saturated heterocycles. The smallest absolute Gasteiger partial charge is 0.264 e. The zero-order chi connectivity index (χ0) is 30.5. The predicted octanol–water partition coefficient (Wildman–Crippen LogP) is 5.84. The van der Waals surface area contributed by atoms with E-state index in [0.29, 0.717) is 12.1 Å². The molecule has 0 aliphatic carbocycles. The molecule has 0 fully saturated rings. The number of anilines is 1. The minimum absolute atomic E-state index is 0.0951. The maximum Gasteiger partial charge on any atom is 0.264 e. The summed E-state index contributed by atoms with van der Waals surface area (Å²) in [7, 11) is -4.11. The van der Waals surface area contributed by atoms with E-state index in [1.54, 1.807) is 36.4 Å². The highest BCUT2D eigenvalue weighted by Gasteiger charge is 2.34. The van der Waals surface area contributed by atoms with Crippen LogP contribution in [-0.4, -0.2) is 43.3 Å². The molecule has 0 unspecified atom stereocenters. The normalized spacial score (nSPS) is 12.5. The van der Waals surface area contributed by atoms with Crippen molar-refractivity contribution in [1.29, 1.82) is 0 Å². The van der Waals surface area contributed by atoms with Gasteiger partial charge in [0, 0.05) is 12.1 Å². The van der Waals surface area contributed by atoms with Crippen LogP contribution in [0, 0.1) is 27.7 Å². The molecule has 0 aromatic heterocycles. The lowest BCUT2D eigenvalue weighted by Crippen LogP contribution is -2.55. The van der Waals surface area contributed by atoms with Crippen LogP contribution in [0.25, 0.3) is 0 Å². The lowest BCUT2D eigenvalue weighted by Gasteiger charge is -2.35. The van der Waals surface area contributed by atoms with Crippen molar-refractivity contribution in [3.63, 3.8) is 0 Å². The number of carbonyl (C=O) groups excluding carboxylic acids is 2. The summed E-state index contributed by atoms with van der Waals surface area (Å²) in [6, 6.07) is 19.0. The summed E-state index contributed by atoms with van der Waals surface area (Å²) in [6.07, 6.45) is 0.369. The molecule has 0 heterocycles. The Labute approximate surface area is 245 Å². The highest BCUT2D eigenvalue weighted by molar-refractivity contribution is 7.92. The van der Waals surface area contributed by atoms with Crippen molar-refractivity contribution < 1.29 is 18.0 Å². The van der Waals surface area contributed by atoms with E-state index >= 15 is 0 Å². The van der Waals surface area contributed by atoms with E-state index in [2.05, 4.69) is 5.32 Å². The standard InChI is InChI=1S/C33H43N3O4S/c1-9-30(32(38)34-33(6,7)8)35(21-27-14-10-23(2)11-15-27)31(37)22-36(28-19-25(4)18-26(5)20-28)41(39,40)29-16-12-24(3)13-17-29/h10-20,30H,9,21-22H2,1-8H3,(H,34,38)/t30-/m1/s1. The van der Waals surface area contributed by atoms with Gasteiger partial charge in [0.05, 0.1) is 10.6 Å². The zero-order valence-corrected chi connectivity index (χ0v) is 26.3. The van der Waals surface area contributed by atoms with Gasteiger partial charge < -0.3 is 10.2 Å². The molecular weight excluding hydrogens is 534 g/mol. The lowest BCUT2D eigenvalue weighted by atomic mass is 10.1. The first kappa shape index (κ1) is 31.9. The van der Waals surface area contributed by atoms with Gasteiger partial charge in [0.15, 0.2) is 0 Å². The highest BCUT2D eigenvalue weighted by atomic mass is 32.2. The fourth-order valence-corrected chi connectivity index (χ4v) is 6.12. The minimum atomic E-state index is -4.11. The number of aryl methyl sites for hydroxylation is 4. The summed E-state index contributed by atoms with van der Waals surface area (Å²) in [6.45, 7) is 14.9. The van der Waals surface area contributed by atoms with Gasteiger partial charge >= 0.3 is 0 Å². The van der Waals surface area contributed by atoms with Gasteiger partial charge in [-0.3, -0.25) is 13.9 Å². The molecule has 7 nitrogen and oxygen atoms in total. The van der Waals surface area contributed by atoms with Crippen molar-refractivity contribution in [1.82, 2.24) is 10.2 Å². The average molecular weight is 578 g/mol. The molecule has 0 bridgehead atoms. The van der Waals surface area contributed by atoms with Crippen LogP contribution in [-0.2, 0) is 26.2 Å². The fraction of sp³-hybridized carbons (Fsp3) is 0.394. The number of amides is 2. The van der Waals surface area contributed by atoms with Crippen LogP contribution in [0.4, 0.5) is 5.69 Å². The van der Waals surface area contributed by atoms with Crippen molar-refractivity contribution in [2.24, 2.45) is 0 Å². The molecule has 220 valence electrons. The first-order chi connectivity index (χ1) is 19.1. The second-order valence-corrected chi connectivity index (χ2v) is 13.7. The molecule has 1 atom stereocenters. The van der Waals surface area contributed by atoms with E-state index in [0.717, 1.165) is 32.1 Å². The third kappa shape index (κ3) is 8.43. The summed E-state index contributed by atoms with van der Waals surface area (Å²) in [4.78, 5) is 29.3. The van der Waals surface area contributed by atoms with Gasteiger partial charge in [-0.15, -0.1) is 0 Å². The molecular formula is C33H43N3O4S. The number of nitrogens with one attached hydrogen (secondary N) is 1. The van der Waals surface area contributed by atoms with Gasteiger partial charge in [-0.1, -0.05) is 60.5 Å². The number of hydrogen-bond donors (Lipinski definition) is 1. The van der Waals surface area contributed by atoms with Crippen molar-refractivity contribution in [3.8, 4) is 0 Å². The molecule has 3 aromatic carbocycles. The van der Waals surface area contributed by atoms with E-state index < -0.39 is 34.1 Å². The summed E-state index contributed by atoms with van der Waals surface area (Å²) < 4.78 is 29.3. The molecule has 3 rings (SSSR count). The van der Waals surface area contributed by atoms with E-state index in [1.807, 2.05) is 85.7 Å². The SMILES string of the molecule is CC[C@H](C(=O)NC(C)(C)C)N(Cc1ccc(C)cc1)C(=O)CN(c1cc(C)cc(C)c1)S(=O)(=O)c1ccc(C)cc1.